The minimum atomic E-state index is 1.15. The summed E-state index contributed by atoms with van der Waals surface area (Å²) in [5.41, 5.74) is 11.9. The number of anilines is 6. The van der Waals surface area contributed by atoms with Crippen LogP contribution in [0.25, 0.3) is 23.3 Å². The van der Waals surface area contributed by atoms with E-state index in [9.17, 15) is 0 Å². The van der Waals surface area contributed by atoms with Gasteiger partial charge in [0.25, 0.3) is 0 Å². The van der Waals surface area contributed by atoms with Crippen LogP contribution in [0.1, 0.15) is 11.1 Å². The molecule has 0 aliphatic carbocycles. The Morgan fingerprint density at radius 1 is 0.340 bits per heavy atom. The molecule has 0 fully saturated rings. The van der Waals surface area contributed by atoms with Crippen molar-refractivity contribution in [3.63, 3.8) is 0 Å². The predicted molar refractivity (Wildman–Crippen MR) is 214 cm³/mol. The molecule has 0 bridgehead atoms. The molecule has 0 spiro atoms. The van der Waals surface area contributed by atoms with Gasteiger partial charge in [0.05, 0.1) is 22.7 Å². The van der Waals surface area contributed by atoms with Gasteiger partial charge in [-0.05, 0) is 95.1 Å². The maximum Gasteiger partial charge on any atom is 0.0602 e. The molecule has 2 aliphatic rings. The van der Waals surface area contributed by atoms with Gasteiger partial charge in [0, 0.05) is 31.0 Å². The largest absolute Gasteiger partial charge is 0.308 e. The smallest absolute Gasteiger partial charge is 0.0602 e. The van der Waals surface area contributed by atoms with Crippen LogP contribution >= 0.6 is 23.5 Å². The number of hydrogen-bond acceptors (Lipinski definition) is 4. The van der Waals surface area contributed by atoms with Gasteiger partial charge >= 0.3 is 0 Å². The molecule has 2 heterocycles. The summed E-state index contributed by atoms with van der Waals surface area (Å²) in [4.78, 5) is 9.81. The van der Waals surface area contributed by atoms with E-state index in [2.05, 4.69) is 198 Å². The lowest BCUT2D eigenvalue weighted by Gasteiger charge is -2.33. The van der Waals surface area contributed by atoms with Crippen LogP contribution in [0.15, 0.2) is 202 Å². The molecule has 0 unspecified atom stereocenters. The molecular formula is C46H32N2S2. The zero-order valence-electron chi connectivity index (χ0n) is 27.2. The van der Waals surface area contributed by atoms with E-state index in [1.165, 1.54) is 64.6 Å². The lowest BCUT2D eigenvalue weighted by atomic mass is 10.0. The molecule has 0 saturated heterocycles. The fourth-order valence-corrected chi connectivity index (χ4v) is 8.81. The summed E-state index contributed by atoms with van der Waals surface area (Å²) in [7, 11) is 0. The first-order valence-corrected chi connectivity index (χ1v) is 18.4. The highest BCUT2D eigenvalue weighted by molar-refractivity contribution is 8.00. The van der Waals surface area contributed by atoms with Crippen molar-refractivity contribution < 1.29 is 0 Å². The van der Waals surface area contributed by atoms with Gasteiger partial charge in [0.2, 0.25) is 0 Å². The summed E-state index contributed by atoms with van der Waals surface area (Å²) >= 11 is 3.67. The van der Waals surface area contributed by atoms with Gasteiger partial charge < -0.3 is 9.80 Å². The molecule has 9 rings (SSSR count). The molecular weight excluding hydrogens is 645 g/mol. The van der Waals surface area contributed by atoms with Gasteiger partial charge in [-0.25, -0.2) is 0 Å². The van der Waals surface area contributed by atoms with Crippen LogP contribution in [-0.2, 0) is 0 Å². The molecule has 4 heteroatoms. The standard InChI is InChI=1S/C46H32N2S2/c1-2-12-33(13-3-1)14-4-5-15-34-22-31-42-46(32-34)50-45-21-11-8-18-41(45)48(42)38-29-25-36(26-30-38)35-23-27-37(28-24-35)47-39-16-6-9-19-43(39)49-44-20-10-7-17-40(44)47/h1-32H/b14-4+,15-5+. The number of allylic oxidation sites excluding steroid dienone is 2. The molecule has 0 atom stereocenters. The second-order valence-corrected chi connectivity index (χ2v) is 14.4. The first-order valence-electron chi connectivity index (χ1n) is 16.8. The van der Waals surface area contributed by atoms with Crippen molar-refractivity contribution in [1.82, 2.24) is 0 Å². The van der Waals surface area contributed by atoms with Gasteiger partial charge in [0.1, 0.15) is 0 Å². The zero-order valence-corrected chi connectivity index (χ0v) is 28.8. The highest BCUT2D eigenvalue weighted by Crippen LogP contribution is 2.53. The third-order valence-electron chi connectivity index (χ3n) is 9.06. The van der Waals surface area contributed by atoms with Crippen molar-refractivity contribution in [2.24, 2.45) is 0 Å². The Bertz CT molecular complexity index is 2330. The Morgan fingerprint density at radius 3 is 1.28 bits per heavy atom. The summed E-state index contributed by atoms with van der Waals surface area (Å²) < 4.78 is 0. The molecule has 238 valence electrons. The Balaban J connectivity index is 0.993. The Labute approximate surface area is 302 Å². The second-order valence-electron chi connectivity index (χ2n) is 12.2. The van der Waals surface area contributed by atoms with Crippen molar-refractivity contribution in [3.8, 4) is 11.1 Å². The summed E-state index contributed by atoms with van der Waals surface area (Å²) in [6.07, 6.45) is 8.52. The molecule has 0 N–H and O–H groups in total. The van der Waals surface area contributed by atoms with E-state index in [0.717, 1.165) is 11.4 Å². The van der Waals surface area contributed by atoms with Crippen LogP contribution in [0.2, 0.25) is 0 Å². The van der Waals surface area contributed by atoms with E-state index in [4.69, 9.17) is 0 Å². The average Bonchev–Trinajstić information content (AvgIpc) is 3.18. The highest BCUT2D eigenvalue weighted by atomic mass is 32.2. The molecule has 0 aromatic heterocycles. The van der Waals surface area contributed by atoms with Gasteiger partial charge in [-0.2, -0.15) is 0 Å². The van der Waals surface area contributed by atoms with Crippen molar-refractivity contribution in [3.05, 3.63) is 193 Å². The molecule has 2 aliphatic heterocycles. The third kappa shape index (κ3) is 5.83. The lowest BCUT2D eigenvalue weighted by molar-refractivity contribution is 1.16. The van der Waals surface area contributed by atoms with E-state index in [-0.39, 0.29) is 0 Å². The first kappa shape index (κ1) is 30.4. The Hall–Kier alpha value is -5.68. The minimum Gasteiger partial charge on any atom is -0.308 e. The first-order chi connectivity index (χ1) is 24.8. The fourth-order valence-electron chi connectivity index (χ4n) is 6.64. The van der Waals surface area contributed by atoms with Crippen molar-refractivity contribution in [1.29, 1.82) is 0 Å². The van der Waals surface area contributed by atoms with Crippen LogP contribution in [0.5, 0.6) is 0 Å². The van der Waals surface area contributed by atoms with Gasteiger partial charge in [0.15, 0.2) is 0 Å². The van der Waals surface area contributed by atoms with E-state index in [1.54, 1.807) is 0 Å². The number of fused-ring (bicyclic) bond motifs is 4. The molecule has 0 saturated carbocycles. The van der Waals surface area contributed by atoms with E-state index >= 15 is 0 Å². The van der Waals surface area contributed by atoms with Crippen molar-refractivity contribution in [2.45, 2.75) is 19.6 Å². The van der Waals surface area contributed by atoms with E-state index in [0.29, 0.717) is 0 Å². The normalized spacial score (nSPS) is 13.2. The fraction of sp³-hybridized carbons (Fsp3) is 0. The predicted octanol–water partition coefficient (Wildman–Crippen LogP) is 13.9. The topological polar surface area (TPSA) is 6.48 Å². The number of benzene rings is 7. The van der Waals surface area contributed by atoms with Crippen LogP contribution in [0.3, 0.4) is 0 Å². The van der Waals surface area contributed by atoms with E-state index < -0.39 is 0 Å². The monoisotopic (exact) mass is 676 g/mol. The number of rotatable bonds is 6. The van der Waals surface area contributed by atoms with Crippen molar-refractivity contribution >= 4 is 69.8 Å². The quantitative estimate of drug-likeness (QED) is 0.162. The highest BCUT2D eigenvalue weighted by Gasteiger charge is 2.26. The molecule has 0 amide bonds. The van der Waals surface area contributed by atoms with Crippen LogP contribution in [0.4, 0.5) is 34.1 Å². The van der Waals surface area contributed by atoms with Gasteiger partial charge in [-0.1, -0.05) is 145 Å². The molecule has 0 radical (unpaired) electrons. The third-order valence-corrected chi connectivity index (χ3v) is 11.3. The minimum absolute atomic E-state index is 1.15. The molecule has 7 aromatic carbocycles. The zero-order chi connectivity index (χ0) is 33.3. The summed E-state index contributed by atoms with van der Waals surface area (Å²) in [5, 5.41) is 0. The molecule has 2 nitrogen and oxygen atoms in total. The average molecular weight is 677 g/mol. The number of hydrogen-bond donors (Lipinski definition) is 0. The number of nitrogens with zero attached hydrogens (tertiary/aromatic N) is 2. The number of para-hydroxylation sites is 3. The van der Waals surface area contributed by atoms with Gasteiger partial charge in [-0.3, -0.25) is 0 Å². The maximum atomic E-state index is 2.39. The molecule has 50 heavy (non-hydrogen) atoms. The Kier molecular flexibility index (Phi) is 8.09. The van der Waals surface area contributed by atoms with Crippen molar-refractivity contribution in [2.75, 3.05) is 9.80 Å². The maximum absolute atomic E-state index is 2.39. The summed E-state index contributed by atoms with van der Waals surface area (Å²) in [5.74, 6) is 0. The van der Waals surface area contributed by atoms with Crippen LogP contribution < -0.4 is 9.80 Å². The van der Waals surface area contributed by atoms with Crippen LogP contribution in [0, 0.1) is 0 Å². The van der Waals surface area contributed by atoms with Crippen LogP contribution in [-0.4, -0.2) is 0 Å². The lowest BCUT2D eigenvalue weighted by Crippen LogP contribution is -2.14. The SMILES string of the molecule is C(/C=C/c1ccc2c(c1)Sc1ccccc1N2c1ccc(-c2ccc(N3c4ccccc4Sc4ccccc43)cc2)cc1)=C\c1ccccc1. The second kappa shape index (κ2) is 13.3. The Morgan fingerprint density at radius 2 is 0.760 bits per heavy atom. The molecule has 7 aromatic rings. The summed E-state index contributed by atoms with van der Waals surface area (Å²) in [6.45, 7) is 0. The van der Waals surface area contributed by atoms with Gasteiger partial charge in [-0.15, -0.1) is 0 Å². The van der Waals surface area contributed by atoms with E-state index in [1.807, 2.05) is 29.6 Å². The summed E-state index contributed by atoms with van der Waals surface area (Å²) in [6, 6.07) is 61.1.